The number of hydrogen-bond donors (Lipinski definition) is 2. The molecule has 2 rings (SSSR count). The van der Waals surface area contributed by atoms with Gasteiger partial charge in [-0.25, -0.2) is 0 Å². The van der Waals surface area contributed by atoms with Crippen molar-refractivity contribution in [2.75, 3.05) is 6.54 Å². The lowest BCUT2D eigenvalue weighted by Crippen LogP contribution is -2.37. The van der Waals surface area contributed by atoms with Crippen molar-refractivity contribution in [1.82, 2.24) is 10.3 Å². The Balaban J connectivity index is 0.00000200. The normalized spacial score (nSPS) is 21.9. The third-order valence-corrected chi connectivity index (χ3v) is 3.90. The van der Waals surface area contributed by atoms with E-state index < -0.39 is 0 Å². The van der Waals surface area contributed by atoms with Gasteiger partial charge in [0.25, 0.3) is 0 Å². The van der Waals surface area contributed by atoms with Crippen LogP contribution in [0.4, 0.5) is 0 Å². The second kappa shape index (κ2) is 8.93. The lowest BCUT2D eigenvalue weighted by molar-refractivity contribution is -0.122. The highest BCUT2D eigenvalue weighted by Gasteiger charge is 2.23. The predicted octanol–water partition coefficient (Wildman–Crippen LogP) is 2.07. The summed E-state index contributed by atoms with van der Waals surface area (Å²) in [4.78, 5) is 15.8. The molecule has 0 aliphatic heterocycles. The summed E-state index contributed by atoms with van der Waals surface area (Å²) < 4.78 is 0. The van der Waals surface area contributed by atoms with E-state index in [1.165, 1.54) is 18.4 Å². The van der Waals surface area contributed by atoms with Crippen molar-refractivity contribution in [2.24, 2.45) is 11.7 Å². The van der Waals surface area contributed by atoms with Crippen LogP contribution in [-0.4, -0.2) is 23.5 Å². The minimum atomic E-state index is 0. The van der Waals surface area contributed by atoms with Gasteiger partial charge in [-0.3, -0.25) is 9.78 Å². The molecule has 0 radical (unpaired) electrons. The summed E-state index contributed by atoms with van der Waals surface area (Å²) in [5, 5.41) is 2.98. The fourth-order valence-electron chi connectivity index (χ4n) is 2.70. The van der Waals surface area contributed by atoms with Crippen molar-refractivity contribution in [3.8, 4) is 0 Å². The van der Waals surface area contributed by atoms with Crippen LogP contribution in [0.1, 0.15) is 37.7 Å². The van der Waals surface area contributed by atoms with E-state index in [0.717, 1.165) is 19.3 Å². The third kappa shape index (κ3) is 5.47. The maximum absolute atomic E-state index is 11.9. The number of nitrogens with two attached hydrogens (primary N) is 1. The van der Waals surface area contributed by atoms with Crippen LogP contribution in [0, 0.1) is 5.92 Å². The second-order valence-corrected chi connectivity index (χ2v) is 5.37. The fraction of sp³-hybridized carbons (Fsp3) is 0.600. The first-order chi connectivity index (χ1) is 9.25. The van der Waals surface area contributed by atoms with Crippen LogP contribution in [0.2, 0.25) is 0 Å². The van der Waals surface area contributed by atoms with Crippen LogP contribution < -0.4 is 11.1 Å². The fourth-order valence-corrected chi connectivity index (χ4v) is 2.70. The monoisotopic (exact) mass is 297 g/mol. The topological polar surface area (TPSA) is 68.0 Å². The van der Waals surface area contributed by atoms with Crippen molar-refractivity contribution in [3.63, 3.8) is 0 Å². The van der Waals surface area contributed by atoms with Crippen LogP contribution >= 0.6 is 12.4 Å². The maximum Gasteiger partial charge on any atom is 0.220 e. The van der Waals surface area contributed by atoms with Gasteiger partial charge in [0.1, 0.15) is 0 Å². The average Bonchev–Trinajstić information content (AvgIpc) is 2.43. The lowest BCUT2D eigenvalue weighted by atomic mass is 9.83. The van der Waals surface area contributed by atoms with Gasteiger partial charge >= 0.3 is 0 Å². The van der Waals surface area contributed by atoms with Gasteiger partial charge in [-0.15, -0.1) is 12.4 Å². The molecule has 1 aliphatic rings. The molecular formula is C15H24ClN3O. The molecule has 20 heavy (non-hydrogen) atoms. The largest absolute Gasteiger partial charge is 0.356 e. The minimum Gasteiger partial charge on any atom is -0.356 e. The number of rotatable bonds is 5. The molecule has 1 aromatic rings. The Labute approximate surface area is 126 Å². The molecule has 1 aliphatic carbocycles. The standard InChI is InChI=1S/C15H23N3O.ClH/c16-14-4-2-1-3-13(14)11-15(19)18-10-7-12-5-8-17-9-6-12;/h5-6,8-9,13-14H,1-4,7,10-11,16H2,(H,18,19);1H. The molecule has 1 saturated carbocycles. The Morgan fingerprint density at radius 2 is 2.00 bits per heavy atom. The molecule has 0 bridgehead atoms. The van der Waals surface area contributed by atoms with E-state index in [4.69, 9.17) is 5.73 Å². The Kier molecular flexibility index (Phi) is 7.55. The number of nitrogens with one attached hydrogen (secondary N) is 1. The molecule has 4 nitrogen and oxygen atoms in total. The van der Waals surface area contributed by atoms with Gasteiger partial charge in [0, 0.05) is 31.4 Å². The number of pyridine rings is 1. The van der Waals surface area contributed by atoms with Crippen molar-refractivity contribution in [1.29, 1.82) is 0 Å². The average molecular weight is 298 g/mol. The highest BCUT2D eigenvalue weighted by Crippen LogP contribution is 2.25. The summed E-state index contributed by atoms with van der Waals surface area (Å²) in [6, 6.07) is 4.16. The number of nitrogens with zero attached hydrogens (tertiary/aromatic N) is 1. The summed E-state index contributed by atoms with van der Waals surface area (Å²) in [6.45, 7) is 0.685. The van der Waals surface area contributed by atoms with E-state index in [-0.39, 0.29) is 24.4 Å². The van der Waals surface area contributed by atoms with Gasteiger partial charge in [0.05, 0.1) is 0 Å². The summed E-state index contributed by atoms with van der Waals surface area (Å²) in [6.07, 6.45) is 9.57. The first kappa shape index (κ1) is 16.9. The zero-order valence-electron chi connectivity index (χ0n) is 11.8. The summed E-state index contributed by atoms with van der Waals surface area (Å²) in [5.41, 5.74) is 7.26. The summed E-state index contributed by atoms with van der Waals surface area (Å²) in [5.74, 6) is 0.506. The van der Waals surface area contributed by atoms with Crippen molar-refractivity contribution in [3.05, 3.63) is 30.1 Å². The summed E-state index contributed by atoms with van der Waals surface area (Å²) in [7, 11) is 0. The van der Waals surface area contributed by atoms with E-state index in [1.54, 1.807) is 12.4 Å². The molecule has 1 aromatic heterocycles. The number of hydrogen-bond acceptors (Lipinski definition) is 3. The number of halogens is 1. The van der Waals surface area contributed by atoms with Crippen molar-refractivity contribution in [2.45, 2.75) is 44.6 Å². The molecule has 0 aromatic carbocycles. The van der Waals surface area contributed by atoms with Crippen molar-refractivity contribution < 1.29 is 4.79 Å². The highest BCUT2D eigenvalue weighted by molar-refractivity contribution is 5.85. The molecule has 2 unspecified atom stereocenters. The van der Waals surface area contributed by atoms with Crippen LogP contribution in [0.5, 0.6) is 0 Å². The highest BCUT2D eigenvalue weighted by atomic mass is 35.5. The molecule has 2 atom stereocenters. The van der Waals surface area contributed by atoms with E-state index in [1.807, 2.05) is 12.1 Å². The zero-order chi connectivity index (χ0) is 13.5. The number of aromatic nitrogens is 1. The Morgan fingerprint density at radius 3 is 2.70 bits per heavy atom. The lowest BCUT2D eigenvalue weighted by Gasteiger charge is -2.27. The first-order valence-electron chi connectivity index (χ1n) is 7.17. The number of carbonyl (C=O) groups is 1. The molecule has 5 heteroatoms. The molecular weight excluding hydrogens is 274 g/mol. The minimum absolute atomic E-state index is 0. The zero-order valence-corrected chi connectivity index (χ0v) is 12.6. The Hall–Kier alpha value is -1.13. The smallest absolute Gasteiger partial charge is 0.220 e. The molecule has 0 saturated heterocycles. The van der Waals surface area contributed by atoms with Gasteiger partial charge in [-0.2, -0.15) is 0 Å². The Morgan fingerprint density at radius 1 is 1.30 bits per heavy atom. The van der Waals surface area contributed by atoms with Gasteiger partial charge in [0.2, 0.25) is 5.91 Å². The number of amides is 1. The predicted molar refractivity (Wildman–Crippen MR) is 82.7 cm³/mol. The van der Waals surface area contributed by atoms with Crippen LogP contribution in [-0.2, 0) is 11.2 Å². The van der Waals surface area contributed by atoms with Gasteiger partial charge in [0.15, 0.2) is 0 Å². The number of carbonyl (C=O) groups excluding carboxylic acids is 1. The maximum atomic E-state index is 11.9. The van der Waals surface area contributed by atoms with Gasteiger partial charge in [-0.1, -0.05) is 12.8 Å². The van der Waals surface area contributed by atoms with Crippen molar-refractivity contribution >= 4 is 18.3 Å². The molecule has 3 N–H and O–H groups in total. The first-order valence-corrected chi connectivity index (χ1v) is 7.17. The van der Waals surface area contributed by atoms with Gasteiger partial charge < -0.3 is 11.1 Å². The van der Waals surface area contributed by atoms with Crippen LogP contribution in [0.25, 0.3) is 0 Å². The second-order valence-electron chi connectivity index (χ2n) is 5.37. The van der Waals surface area contributed by atoms with E-state index in [9.17, 15) is 4.79 Å². The van der Waals surface area contributed by atoms with Crippen LogP contribution in [0.3, 0.4) is 0 Å². The molecule has 112 valence electrons. The molecule has 1 amide bonds. The van der Waals surface area contributed by atoms with Crippen LogP contribution in [0.15, 0.2) is 24.5 Å². The quantitative estimate of drug-likeness (QED) is 0.874. The molecule has 1 fully saturated rings. The molecule has 1 heterocycles. The molecule has 0 spiro atoms. The van der Waals surface area contributed by atoms with E-state index in [0.29, 0.717) is 18.9 Å². The SMILES string of the molecule is Cl.NC1CCCCC1CC(=O)NCCc1ccncc1. The third-order valence-electron chi connectivity index (χ3n) is 3.90. The van der Waals surface area contributed by atoms with E-state index >= 15 is 0 Å². The van der Waals surface area contributed by atoms with Gasteiger partial charge in [-0.05, 0) is 42.9 Å². The Bertz CT molecular complexity index is 399. The van der Waals surface area contributed by atoms with E-state index in [2.05, 4.69) is 10.3 Å². The summed E-state index contributed by atoms with van der Waals surface area (Å²) >= 11 is 0.